The zero-order chi connectivity index (χ0) is 18.8. The van der Waals surface area contributed by atoms with Gasteiger partial charge in [-0.05, 0) is 44.7 Å². The topological polar surface area (TPSA) is 62.3 Å². The molecule has 2 amide bonds. The van der Waals surface area contributed by atoms with Crippen molar-refractivity contribution < 1.29 is 9.59 Å². The monoisotopic (exact) mass is 383 g/mol. The third-order valence-electron chi connectivity index (χ3n) is 5.32. The fraction of sp³-hybridized carbons (Fsp3) is 0.476. The molecule has 1 aromatic heterocycles. The lowest BCUT2D eigenvalue weighted by Gasteiger charge is -2.32. The normalized spacial score (nSPS) is 19.7. The molecule has 0 radical (unpaired) electrons. The molecule has 2 heterocycles. The Bertz CT molecular complexity index is 826. The van der Waals surface area contributed by atoms with Gasteiger partial charge in [0.2, 0.25) is 5.91 Å². The van der Waals surface area contributed by atoms with Gasteiger partial charge in [0.15, 0.2) is 0 Å². The lowest BCUT2D eigenvalue weighted by atomic mass is 9.98. The van der Waals surface area contributed by atoms with E-state index in [0.717, 1.165) is 54.1 Å². The van der Waals surface area contributed by atoms with E-state index in [1.807, 2.05) is 41.5 Å². The van der Waals surface area contributed by atoms with Gasteiger partial charge < -0.3 is 10.2 Å². The van der Waals surface area contributed by atoms with Gasteiger partial charge in [-0.2, -0.15) is 0 Å². The number of rotatable bonds is 5. The number of nitrogens with zero attached hydrogens (tertiary/aromatic N) is 2. The van der Waals surface area contributed by atoms with Gasteiger partial charge in [0, 0.05) is 35.9 Å². The number of likely N-dealkylation sites (tertiary alicyclic amines) is 1. The smallest absolute Gasteiger partial charge is 0.253 e. The van der Waals surface area contributed by atoms with Crippen LogP contribution in [0, 0.1) is 12.8 Å². The van der Waals surface area contributed by atoms with E-state index in [9.17, 15) is 9.59 Å². The van der Waals surface area contributed by atoms with Crippen molar-refractivity contribution >= 4 is 23.2 Å². The molecule has 6 heteroatoms. The van der Waals surface area contributed by atoms with E-state index < -0.39 is 0 Å². The molecule has 1 aliphatic heterocycles. The van der Waals surface area contributed by atoms with Gasteiger partial charge in [0.1, 0.15) is 0 Å². The summed E-state index contributed by atoms with van der Waals surface area (Å²) in [5.74, 6) is 0.763. The van der Waals surface area contributed by atoms with Crippen molar-refractivity contribution in [3.63, 3.8) is 0 Å². The Labute approximate surface area is 163 Å². The summed E-state index contributed by atoms with van der Waals surface area (Å²) in [4.78, 5) is 31.3. The molecule has 1 aliphatic carbocycles. The predicted octanol–water partition coefficient (Wildman–Crippen LogP) is 3.50. The number of thiazole rings is 1. The number of carbonyl (C=O) groups excluding carboxylic acids is 2. The molecular formula is C21H25N3O2S. The van der Waals surface area contributed by atoms with Gasteiger partial charge in [0.05, 0.1) is 17.2 Å². The quantitative estimate of drug-likeness (QED) is 0.860. The van der Waals surface area contributed by atoms with Crippen LogP contribution in [-0.2, 0) is 11.3 Å². The van der Waals surface area contributed by atoms with Crippen LogP contribution in [0.4, 0.5) is 0 Å². The SMILES string of the molecule is Cc1ccc(C(=O)N2CCC[C@H](c3nc(CNC(=O)C4CC4)cs3)C2)cc1. The van der Waals surface area contributed by atoms with Crippen LogP contribution in [0.25, 0.3) is 0 Å². The maximum atomic E-state index is 12.8. The predicted molar refractivity (Wildman–Crippen MR) is 106 cm³/mol. The molecule has 0 unspecified atom stereocenters. The number of hydrogen-bond acceptors (Lipinski definition) is 4. The first-order valence-corrected chi connectivity index (χ1v) is 10.6. The Morgan fingerprint density at radius 3 is 2.74 bits per heavy atom. The number of piperidine rings is 1. The highest BCUT2D eigenvalue weighted by molar-refractivity contribution is 7.09. The van der Waals surface area contributed by atoms with Crippen LogP contribution >= 0.6 is 11.3 Å². The lowest BCUT2D eigenvalue weighted by molar-refractivity contribution is -0.122. The molecule has 1 aromatic carbocycles. The van der Waals surface area contributed by atoms with Crippen LogP contribution in [0.2, 0.25) is 0 Å². The van der Waals surface area contributed by atoms with E-state index in [0.29, 0.717) is 13.1 Å². The van der Waals surface area contributed by atoms with E-state index >= 15 is 0 Å². The van der Waals surface area contributed by atoms with Crippen LogP contribution in [0.1, 0.15) is 58.2 Å². The largest absolute Gasteiger partial charge is 0.350 e. The number of amides is 2. The number of benzene rings is 1. The van der Waals surface area contributed by atoms with E-state index in [1.54, 1.807) is 11.3 Å². The summed E-state index contributed by atoms with van der Waals surface area (Å²) < 4.78 is 0. The van der Waals surface area contributed by atoms with Gasteiger partial charge in [-0.25, -0.2) is 4.98 Å². The second-order valence-electron chi connectivity index (χ2n) is 7.63. The minimum atomic E-state index is 0.105. The van der Waals surface area contributed by atoms with Crippen molar-refractivity contribution in [1.82, 2.24) is 15.2 Å². The Hall–Kier alpha value is -2.21. The summed E-state index contributed by atoms with van der Waals surface area (Å²) in [6, 6.07) is 7.78. The molecule has 142 valence electrons. The van der Waals surface area contributed by atoms with E-state index in [-0.39, 0.29) is 23.7 Å². The van der Waals surface area contributed by atoms with Gasteiger partial charge in [-0.3, -0.25) is 9.59 Å². The molecule has 1 saturated heterocycles. The van der Waals surface area contributed by atoms with Crippen molar-refractivity contribution in [1.29, 1.82) is 0 Å². The second-order valence-corrected chi connectivity index (χ2v) is 8.52. The molecule has 27 heavy (non-hydrogen) atoms. The number of aromatic nitrogens is 1. The molecule has 1 saturated carbocycles. The van der Waals surface area contributed by atoms with Crippen LogP contribution in [0.15, 0.2) is 29.6 Å². The Kier molecular flexibility index (Phi) is 5.25. The maximum Gasteiger partial charge on any atom is 0.253 e. The minimum Gasteiger partial charge on any atom is -0.350 e. The van der Waals surface area contributed by atoms with Gasteiger partial charge >= 0.3 is 0 Å². The van der Waals surface area contributed by atoms with Crippen molar-refractivity contribution in [3.05, 3.63) is 51.5 Å². The van der Waals surface area contributed by atoms with Crippen molar-refractivity contribution in [2.24, 2.45) is 5.92 Å². The van der Waals surface area contributed by atoms with Crippen molar-refractivity contribution in [3.8, 4) is 0 Å². The molecule has 5 nitrogen and oxygen atoms in total. The zero-order valence-electron chi connectivity index (χ0n) is 15.6. The zero-order valence-corrected chi connectivity index (χ0v) is 16.4. The Morgan fingerprint density at radius 1 is 1.22 bits per heavy atom. The fourth-order valence-corrected chi connectivity index (χ4v) is 4.45. The van der Waals surface area contributed by atoms with E-state index in [4.69, 9.17) is 4.98 Å². The second kappa shape index (κ2) is 7.80. The van der Waals surface area contributed by atoms with E-state index in [1.165, 1.54) is 0 Å². The van der Waals surface area contributed by atoms with Crippen molar-refractivity contribution in [2.75, 3.05) is 13.1 Å². The van der Waals surface area contributed by atoms with Crippen LogP contribution in [0.5, 0.6) is 0 Å². The van der Waals surface area contributed by atoms with E-state index in [2.05, 4.69) is 5.32 Å². The average Bonchev–Trinajstić information content (AvgIpc) is 3.44. The van der Waals surface area contributed by atoms with Gasteiger partial charge in [-0.15, -0.1) is 11.3 Å². The summed E-state index contributed by atoms with van der Waals surface area (Å²) in [6.07, 6.45) is 4.08. The average molecular weight is 384 g/mol. The molecule has 1 N–H and O–H groups in total. The fourth-order valence-electron chi connectivity index (χ4n) is 3.50. The lowest BCUT2D eigenvalue weighted by Crippen LogP contribution is -2.39. The highest BCUT2D eigenvalue weighted by Crippen LogP contribution is 2.31. The standard InChI is InChI=1S/C21H25N3O2S/c1-14-4-6-16(7-5-14)21(26)24-10-2-3-17(12-24)20-23-18(13-27-20)11-22-19(25)15-8-9-15/h4-7,13,15,17H,2-3,8-12H2,1H3,(H,22,25)/t17-/m0/s1. The van der Waals surface area contributed by atoms with Gasteiger partial charge in [0.25, 0.3) is 5.91 Å². The highest BCUT2D eigenvalue weighted by Gasteiger charge is 2.30. The first-order chi connectivity index (χ1) is 13.1. The number of hydrogen-bond donors (Lipinski definition) is 1. The number of aryl methyl sites for hydroxylation is 1. The first-order valence-electron chi connectivity index (χ1n) is 9.68. The van der Waals surface area contributed by atoms with Crippen molar-refractivity contribution in [2.45, 2.75) is 45.1 Å². The number of carbonyl (C=O) groups is 2. The molecule has 0 bridgehead atoms. The summed E-state index contributed by atoms with van der Waals surface area (Å²) in [7, 11) is 0. The first kappa shape index (κ1) is 18.2. The third kappa shape index (κ3) is 4.38. The highest BCUT2D eigenvalue weighted by atomic mass is 32.1. The molecule has 2 aromatic rings. The maximum absolute atomic E-state index is 12.8. The Balaban J connectivity index is 1.37. The Morgan fingerprint density at radius 2 is 2.00 bits per heavy atom. The minimum absolute atomic E-state index is 0.105. The summed E-state index contributed by atoms with van der Waals surface area (Å²) in [6.45, 7) is 4.05. The summed E-state index contributed by atoms with van der Waals surface area (Å²) in [5, 5.41) is 6.08. The number of nitrogens with one attached hydrogen (secondary N) is 1. The molecule has 2 fully saturated rings. The summed E-state index contributed by atoms with van der Waals surface area (Å²) in [5.41, 5.74) is 2.84. The molecule has 0 spiro atoms. The summed E-state index contributed by atoms with van der Waals surface area (Å²) >= 11 is 1.64. The third-order valence-corrected chi connectivity index (χ3v) is 6.37. The molecule has 2 aliphatic rings. The molecule has 1 atom stereocenters. The van der Waals surface area contributed by atoms with Gasteiger partial charge in [-0.1, -0.05) is 17.7 Å². The van der Waals surface area contributed by atoms with Crippen LogP contribution < -0.4 is 5.32 Å². The molecule has 4 rings (SSSR count). The molecular weight excluding hydrogens is 358 g/mol. The van der Waals surface area contributed by atoms with Crippen LogP contribution in [0.3, 0.4) is 0 Å². The van der Waals surface area contributed by atoms with Crippen LogP contribution in [-0.4, -0.2) is 34.8 Å².